The first kappa shape index (κ1) is 13.5. The first-order chi connectivity index (χ1) is 6.52. The summed E-state index contributed by atoms with van der Waals surface area (Å²) in [6.45, 7) is 9.52. The molecule has 1 rings (SSSR count). The molecule has 0 radical (unpaired) electrons. The molecule has 0 spiro atoms. The van der Waals surface area contributed by atoms with E-state index in [4.69, 9.17) is 4.74 Å². The average Bonchev–Trinajstić information content (AvgIpc) is 2.57. The van der Waals surface area contributed by atoms with Crippen molar-refractivity contribution in [3.05, 3.63) is 0 Å². The molecule has 0 amide bonds. The van der Waals surface area contributed by atoms with E-state index >= 15 is 0 Å². The van der Waals surface area contributed by atoms with Gasteiger partial charge in [-0.15, -0.1) is 0 Å². The number of hydrogen-bond acceptors (Lipinski definition) is 2. The quantitative estimate of drug-likeness (QED) is 0.637. The minimum Gasteiger partial charge on any atom is -0.460 e. The van der Waals surface area contributed by atoms with Crippen molar-refractivity contribution in [3.63, 3.8) is 0 Å². The zero-order valence-corrected chi connectivity index (χ0v) is 10.2. The largest absolute Gasteiger partial charge is 0.460 e. The van der Waals surface area contributed by atoms with Gasteiger partial charge in [0.15, 0.2) is 0 Å². The lowest BCUT2D eigenvalue weighted by molar-refractivity contribution is -0.158. The van der Waals surface area contributed by atoms with Crippen LogP contribution in [0.5, 0.6) is 0 Å². The topological polar surface area (TPSA) is 26.3 Å². The fourth-order valence-corrected chi connectivity index (χ4v) is 2.07. The molecule has 0 heterocycles. The van der Waals surface area contributed by atoms with Gasteiger partial charge in [-0.25, -0.2) is 0 Å². The number of esters is 1. The van der Waals surface area contributed by atoms with Crippen LogP contribution in [0.15, 0.2) is 0 Å². The van der Waals surface area contributed by atoms with E-state index < -0.39 is 0 Å². The van der Waals surface area contributed by atoms with Crippen molar-refractivity contribution in [2.24, 2.45) is 5.92 Å². The van der Waals surface area contributed by atoms with E-state index in [1.807, 2.05) is 27.7 Å². The number of ether oxygens (including phenoxy) is 1. The molecule has 0 bridgehead atoms. The number of carbonyl (C=O) groups excluding carboxylic acids is 1. The molecule has 0 aromatic heterocycles. The highest BCUT2D eigenvalue weighted by molar-refractivity contribution is 5.66. The van der Waals surface area contributed by atoms with Gasteiger partial charge in [-0.1, -0.05) is 26.7 Å². The van der Waals surface area contributed by atoms with Gasteiger partial charge in [0.05, 0.1) is 0 Å². The Balaban J connectivity index is 0.000000791. The van der Waals surface area contributed by atoms with Crippen molar-refractivity contribution < 1.29 is 9.53 Å². The van der Waals surface area contributed by atoms with Gasteiger partial charge in [-0.3, -0.25) is 4.79 Å². The molecular formula is C12H24O2. The van der Waals surface area contributed by atoms with Gasteiger partial charge in [-0.2, -0.15) is 0 Å². The Morgan fingerprint density at radius 3 is 2.00 bits per heavy atom. The van der Waals surface area contributed by atoms with Gasteiger partial charge in [-0.05, 0) is 32.6 Å². The number of carbonyl (C=O) groups is 1. The molecule has 84 valence electrons. The second kappa shape index (κ2) is 6.05. The summed E-state index contributed by atoms with van der Waals surface area (Å²) in [5.74, 6) is 0.410. The van der Waals surface area contributed by atoms with Crippen molar-refractivity contribution >= 4 is 5.97 Å². The van der Waals surface area contributed by atoms with E-state index in [9.17, 15) is 4.79 Å². The third-order valence-corrected chi connectivity index (χ3v) is 2.75. The minimum atomic E-state index is -0.248. The Morgan fingerprint density at radius 2 is 1.64 bits per heavy atom. The molecular weight excluding hydrogens is 176 g/mol. The van der Waals surface area contributed by atoms with Gasteiger partial charge in [0.1, 0.15) is 5.60 Å². The molecule has 0 saturated heterocycles. The van der Waals surface area contributed by atoms with Crippen LogP contribution in [0.4, 0.5) is 0 Å². The molecule has 2 heteroatoms. The molecule has 1 saturated carbocycles. The fourth-order valence-electron chi connectivity index (χ4n) is 2.07. The summed E-state index contributed by atoms with van der Waals surface area (Å²) >= 11 is 0. The Hall–Kier alpha value is -0.530. The second-order valence-corrected chi connectivity index (χ2v) is 4.18. The lowest BCUT2D eigenvalue weighted by atomic mass is 9.89. The molecule has 1 aliphatic rings. The fraction of sp³-hybridized carbons (Fsp3) is 0.917. The minimum absolute atomic E-state index is 0.160. The first-order valence-corrected chi connectivity index (χ1v) is 5.72. The standard InChI is InChI=1S/C10H18O2.C2H6/c1-8(11)12-10(2,3)9-6-4-5-7-9;1-2/h9H,4-7H2,1-3H3;1-2H3. The summed E-state index contributed by atoms with van der Waals surface area (Å²) in [4.78, 5) is 10.8. The number of rotatable bonds is 2. The van der Waals surface area contributed by atoms with E-state index in [-0.39, 0.29) is 11.6 Å². The van der Waals surface area contributed by atoms with Gasteiger partial charge in [0.2, 0.25) is 0 Å². The average molecular weight is 200 g/mol. The van der Waals surface area contributed by atoms with Crippen molar-refractivity contribution in [2.45, 2.75) is 65.9 Å². The van der Waals surface area contributed by atoms with Crippen molar-refractivity contribution in [1.82, 2.24) is 0 Å². The third kappa shape index (κ3) is 4.12. The molecule has 0 N–H and O–H groups in total. The van der Waals surface area contributed by atoms with Crippen molar-refractivity contribution in [3.8, 4) is 0 Å². The molecule has 1 aliphatic carbocycles. The highest BCUT2D eigenvalue weighted by Gasteiger charge is 2.34. The number of hydrogen-bond donors (Lipinski definition) is 0. The maximum absolute atomic E-state index is 10.8. The predicted molar refractivity (Wildman–Crippen MR) is 59.2 cm³/mol. The molecule has 0 unspecified atom stereocenters. The zero-order valence-electron chi connectivity index (χ0n) is 10.2. The van der Waals surface area contributed by atoms with E-state index in [1.54, 1.807) is 0 Å². The van der Waals surface area contributed by atoms with Crippen LogP contribution in [0.1, 0.15) is 60.3 Å². The van der Waals surface area contributed by atoms with Gasteiger partial charge in [0, 0.05) is 6.92 Å². The normalized spacial score (nSPS) is 17.2. The molecule has 1 fully saturated rings. The van der Waals surface area contributed by atoms with E-state index in [0.717, 1.165) is 0 Å². The van der Waals surface area contributed by atoms with Gasteiger partial charge in [0.25, 0.3) is 0 Å². The summed E-state index contributed by atoms with van der Waals surface area (Å²) in [6.07, 6.45) is 4.99. The molecule has 0 aliphatic heterocycles. The highest BCUT2D eigenvalue weighted by atomic mass is 16.6. The summed E-state index contributed by atoms with van der Waals surface area (Å²) in [6, 6.07) is 0. The summed E-state index contributed by atoms with van der Waals surface area (Å²) in [5, 5.41) is 0. The second-order valence-electron chi connectivity index (χ2n) is 4.18. The molecule has 2 nitrogen and oxygen atoms in total. The van der Waals surface area contributed by atoms with Crippen LogP contribution in [-0.2, 0) is 9.53 Å². The van der Waals surface area contributed by atoms with Crippen LogP contribution in [-0.4, -0.2) is 11.6 Å². The zero-order chi connectivity index (χ0) is 11.2. The van der Waals surface area contributed by atoms with Crippen LogP contribution in [0.3, 0.4) is 0 Å². The lowest BCUT2D eigenvalue weighted by Crippen LogP contribution is -2.34. The monoisotopic (exact) mass is 200 g/mol. The Labute approximate surface area is 88.0 Å². The van der Waals surface area contributed by atoms with Crippen LogP contribution < -0.4 is 0 Å². The Kier molecular flexibility index (Phi) is 5.82. The van der Waals surface area contributed by atoms with E-state index in [1.165, 1.54) is 32.6 Å². The first-order valence-electron chi connectivity index (χ1n) is 5.72. The van der Waals surface area contributed by atoms with Crippen LogP contribution in [0.25, 0.3) is 0 Å². The predicted octanol–water partition coefficient (Wildman–Crippen LogP) is 3.54. The summed E-state index contributed by atoms with van der Waals surface area (Å²) in [5.41, 5.74) is -0.248. The van der Waals surface area contributed by atoms with Crippen molar-refractivity contribution in [2.75, 3.05) is 0 Å². The summed E-state index contributed by atoms with van der Waals surface area (Å²) in [7, 11) is 0. The Morgan fingerprint density at radius 1 is 1.21 bits per heavy atom. The SMILES string of the molecule is CC.CC(=O)OC(C)(C)C1CCCC1. The summed E-state index contributed by atoms with van der Waals surface area (Å²) < 4.78 is 5.28. The molecule has 14 heavy (non-hydrogen) atoms. The lowest BCUT2D eigenvalue weighted by Gasteiger charge is -2.30. The molecule has 0 atom stereocenters. The maximum Gasteiger partial charge on any atom is 0.303 e. The molecule has 0 aromatic carbocycles. The molecule has 0 aromatic rings. The Bertz CT molecular complexity index is 167. The van der Waals surface area contributed by atoms with Gasteiger partial charge >= 0.3 is 5.97 Å². The van der Waals surface area contributed by atoms with Crippen LogP contribution >= 0.6 is 0 Å². The smallest absolute Gasteiger partial charge is 0.303 e. The van der Waals surface area contributed by atoms with Crippen molar-refractivity contribution in [1.29, 1.82) is 0 Å². The maximum atomic E-state index is 10.8. The third-order valence-electron chi connectivity index (χ3n) is 2.75. The van der Waals surface area contributed by atoms with Crippen LogP contribution in [0, 0.1) is 5.92 Å². The van der Waals surface area contributed by atoms with E-state index in [2.05, 4.69) is 0 Å². The van der Waals surface area contributed by atoms with Gasteiger partial charge < -0.3 is 4.74 Å². The van der Waals surface area contributed by atoms with E-state index in [0.29, 0.717) is 5.92 Å². The van der Waals surface area contributed by atoms with Crippen LogP contribution in [0.2, 0.25) is 0 Å². The highest BCUT2D eigenvalue weighted by Crippen LogP contribution is 2.35.